The van der Waals surface area contributed by atoms with Crippen LogP contribution in [0.15, 0.2) is 77.0 Å². The highest BCUT2D eigenvalue weighted by molar-refractivity contribution is 7.90. The maximum absolute atomic E-state index is 14.8. The number of pyridine rings is 1. The van der Waals surface area contributed by atoms with Crippen LogP contribution in [0.3, 0.4) is 0 Å². The quantitative estimate of drug-likeness (QED) is 0.123. The van der Waals surface area contributed by atoms with Gasteiger partial charge in [0.2, 0.25) is 11.8 Å². The van der Waals surface area contributed by atoms with Crippen LogP contribution >= 0.6 is 11.3 Å². The molecule has 15 nitrogen and oxygen atoms in total. The Kier molecular flexibility index (Phi) is 13.1. The molecule has 2 aromatic carbocycles. The molecule has 4 aliphatic rings. The van der Waals surface area contributed by atoms with Crippen LogP contribution in [0, 0.1) is 12.8 Å². The number of allylic oxidation sites excluding steroid dienone is 1. The van der Waals surface area contributed by atoms with Gasteiger partial charge in [-0.1, -0.05) is 49.3 Å². The van der Waals surface area contributed by atoms with Gasteiger partial charge in [-0.2, -0.15) is 0 Å². The number of hydrogen-bond donors (Lipinski definition) is 4. The van der Waals surface area contributed by atoms with Crippen molar-refractivity contribution in [2.45, 2.75) is 132 Å². The SMILES string of the molecule is Cc1ccc2c(O[C@@H]3C[C@H]4C(=O)N[C@]5(C(=O)NS(=O)(=O)c6ccccc6)C[C@H]5/C=C\CCCCC[C@H](NC(=O)OC5CCCC5)C(=O)N4C3)cc(-c3csc(NC(C)C)n3)nc2c1. The fourth-order valence-corrected chi connectivity index (χ4v) is 10.7. The van der Waals surface area contributed by atoms with Gasteiger partial charge in [-0.3, -0.25) is 14.4 Å². The molecular weight excluding hydrogens is 843 g/mol. The van der Waals surface area contributed by atoms with Crippen molar-refractivity contribution in [1.29, 1.82) is 0 Å². The molecule has 2 saturated carbocycles. The van der Waals surface area contributed by atoms with E-state index in [4.69, 9.17) is 19.4 Å². The summed E-state index contributed by atoms with van der Waals surface area (Å²) in [6, 6.07) is 13.3. The number of hydrogen-bond acceptors (Lipinski definition) is 12. The van der Waals surface area contributed by atoms with Gasteiger partial charge in [-0.25, -0.2) is 27.9 Å². The number of nitrogens with zero attached hydrogens (tertiary/aromatic N) is 3. The summed E-state index contributed by atoms with van der Waals surface area (Å²) in [6.07, 6.45) is 9.05. The predicted octanol–water partition coefficient (Wildman–Crippen LogP) is 6.77. The molecule has 3 fully saturated rings. The third-order valence-electron chi connectivity index (χ3n) is 12.2. The molecule has 2 aliphatic heterocycles. The summed E-state index contributed by atoms with van der Waals surface area (Å²) in [4.78, 5) is 68.0. The van der Waals surface area contributed by atoms with Crippen LogP contribution in [0.1, 0.15) is 90.0 Å². The van der Waals surface area contributed by atoms with Gasteiger partial charge in [0.15, 0.2) is 5.13 Å². The van der Waals surface area contributed by atoms with Crippen molar-refractivity contribution in [2.24, 2.45) is 5.92 Å². The highest BCUT2D eigenvalue weighted by Crippen LogP contribution is 2.46. The van der Waals surface area contributed by atoms with Crippen LogP contribution in [0.5, 0.6) is 5.75 Å². The van der Waals surface area contributed by atoms with Gasteiger partial charge < -0.3 is 30.3 Å². The lowest BCUT2D eigenvalue weighted by atomic mass is 10.0. The second kappa shape index (κ2) is 18.7. The molecule has 4 N–H and O–H groups in total. The highest BCUT2D eigenvalue weighted by Gasteiger charge is 2.61. The first-order valence-electron chi connectivity index (χ1n) is 22.0. The normalized spacial score (nSPS) is 25.0. The molecule has 0 spiro atoms. The molecule has 63 heavy (non-hydrogen) atoms. The molecule has 5 atom stereocenters. The summed E-state index contributed by atoms with van der Waals surface area (Å²) >= 11 is 1.47. The fourth-order valence-electron chi connectivity index (χ4n) is 8.79. The van der Waals surface area contributed by atoms with Crippen LogP contribution in [-0.4, -0.2) is 89.5 Å². The summed E-state index contributed by atoms with van der Waals surface area (Å²) in [5.74, 6) is -1.97. The van der Waals surface area contributed by atoms with Crippen LogP contribution in [0.4, 0.5) is 9.93 Å². The number of alkyl carbamates (subject to hydrolysis) is 1. The maximum Gasteiger partial charge on any atom is 0.408 e. The van der Waals surface area contributed by atoms with Crippen molar-refractivity contribution < 1.29 is 37.1 Å². The lowest BCUT2D eigenvalue weighted by Gasteiger charge is -2.30. The molecule has 0 unspecified atom stereocenters. The number of rotatable bonds is 10. The number of ether oxygens (including phenoxy) is 2. The van der Waals surface area contributed by atoms with Gasteiger partial charge in [-0.05, 0) is 102 Å². The predicted molar refractivity (Wildman–Crippen MR) is 240 cm³/mol. The molecular formula is C46H55N7O8S2. The van der Waals surface area contributed by atoms with Gasteiger partial charge in [0, 0.05) is 35.2 Å². The van der Waals surface area contributed by atoms with Crippen LogP contribution < -0.4 is 25.4 Å². The number of aromatic nitrogens is 2. The van der Waals surface area contributed by atoms with Gasteiger partial charge in [0.25, 0.3) is 15.9 Å². The highest BCUT2D eigenvalue weighted by atomic mass is 32.2. The number of carbonyl (C=O) groups excluding carboxylic acids is 4. The smallest absolute Gasteiger partial charge is 0.408 e. The first-order chi connectivity index (χ1) is 30.3. The van der Waals surface area contributed by atoms with E-state index in [-0.39, 0.29) is 36.4 Å². The average Bonchev–Trinajstić information content (AvgIpc) is 3.68. The van der Waals surface area contributed by atoms with E-state index in [2.05, 4.69) is 20.7 Å². The van der Waals surface area contributed by atoms with Crippen LogP contribution in [0.25, 0.3) is 22.3 Å². The van der Waals surface area contributed by atoms with E-state index >= 15 is 0 Å². The molecule has 17 heteroatoms. The molecule has 334 valence electrons. The Balaban J connectivity index is 1.11. The Morgan fingerprint density at radius 3 is 2.51 bits per heavy atom. The largest absolute Gasteiger partial charge is 0.488 e. The molecule has 8 rings (SSSR count). The van der Waals surface area contributed by atoms with E-state index in [0.29, 0.717) is 41.9 Å². The van der Waals surface area contributed by atoms with Crippen LogP contribution in [-0.2, 0) is 29.1 Å². The molecule has 0 bridgehead atoms. The van der Waals surface area contributed by atoms with Crippen molar-refractivity contribution >= 4 is 61.2 Å². The Morgan fingerprint density at radius 2 is 1.73 bits per heavy atom. The fraction of sp³-hybridized carbons (Fsp3) is 0.478. The zero-order valence-corrected chi connectivity index (χ0v) is 37.4. The lowest BCUT2D eigenvalue weighted by Crippen LogP contribution is -2.58. The maximum atomic E-state index is 14.8. The average molecular weight is 898 g/mol. The van der Waals surface area contributed by atoms with E-state index in [1.165, 1.54) is 28.4 Å². The van der Waals surface area contributed by atoms with Crippen molar-refractivity contribution in [1.82, 2.24) is 30.2 Å². The molecule has 4 aromatic rings. The number of thiazole rings is 1. The molecule has 4 amide bonds. The van der Waals surface area contributed by atoms with Crippen molar-refractivity contribution in [3.05, 3.63) is 77.7 Å². The number of sulfonamides is 1. The minimum Gasteiger partial charge on any atom is -0.488 e. The van der Waals surface area contributed by atoms with E-state index in [1.54, 1.807) is 18.2 Å². The molecule has 4 heterocycles. The van der Waals surface area contributed by atoms with Gasteiger partial charge >= 0.3 is 6.09 Å². The third kappa shape index (κ3) is 10.1. The Bertz CT molecular complexity index is 2490. The number of nitrogens with one attached hydrogen (secondary N) is 4. The number of amides is 4. The zero-order chi connectivity index (χ0) is 44.3. The lowest BCUT2D eigenvalue weighted by molar-refractivity contribution is -0.141. The van der Waals surface area contributed by atoms with E-state index in [0.717, 1.165) is 54.6 Å². The van der Waals surface area contributed by atoms with E-state index < -0.39 is 63.5 Å². The monoisotopic (exact) mass is 897 g/mol. The molecule has 1 saturated heterocycles. The van der Waals surface area contributed by atoms with Crippen molar-refractivity contribution in [3.63, 3.8) is 0 Å². The topological polar surface area (TPSA) is 198 Å². The number of carbonyl (C=O) groups is 4. The van der Waals surface area contributed by atoms with Crippen molar-refractivity contribution in [2.75, 3.05) is 11.9 Å². The van der Waals surface area contributed by atoms with Gasteiger partial charge in [0.05, 0.1) is 22.7 Å². The van der Waals surface area contributed by atoms with Crippen molar-refractivity contribution in [3.8, 4) is 17.1 Å². The second-order valence-electron chi connectivity index (χ2n) is 17.4. The number of fused-ring (bicyclic) bond motifs is 3. The van der Waals surface area contributed by atoms with Crippen LogP contribution in [0.2, 0.25) is 0 Å². The molecule has 0 radical (unpaired) electrons. The summed E-state index contributed by atoms with van der Waals surface area (Å²) < 4.78 is 41.5. The molecule has 2 aromatic heterocycles. The number of anilines is 1. The van der Waals surface area contributed by atoms with Gasteiger partial charge in [-0.15, -0.1) is 11.3 Å². The zero-order valence-electron chi connectivity index (χ0n) is 35.8. The third-order valence-corrected chi connectivity index (χ3v) is 14.3. The summed E-state index contributed by atoms with van der Waals surface area (Å²) in [5, 5.41) is 12.5. The Hall–Kier alpha value is -5.55. The van der Waals surface area contributed by atoms with E-state index in [9.17, 15) is 27.6 Å². The Labute approximate surface area is 371 Å². The first kappa shape index (κ1) is 44.1. The Morgan fingerprint density at radius 1 is 0.952 bits per heavy atom. The second-order valence-corrected chi connectivity index (χ2v) is 20.0. The van der Waals surface area contributed by atoms with E-state index in [1.807, 2.05) is 62.6 Å². The number of benzene rings is 2. The first-order valence-corrected chi connectivity index (χ1v) is 24.3. The summed E-state index contributed by atoms with van der Waals surface area (Å²) in [7, 11) is -4.27. The minimum absolute atomic E-state index is 0.0120. The minimum atomic E-state index is -4.27. The number of aryl methyl sites for hydroxylation is 1. The summed E-state index contributed by atoms with van der Waals surface area (Å²) in [5.41, 5.74) is 1.35. The standard InChI is InChI=1S/C46H55N7O8S2/c1-28(2)47-44-49-38(27-62-44)37-24-40(34-21-20-29(3)22-36(34)48-37)60-32-23-39-41(54)51-46(43(56)52-63(58,59)33-17-9-7-10-18-33)25-30(46)14-8-5-4-6-11-19-35(42(55)53(39)26-32)50-45(57)61-31-15-12-13-16-31/h7-10,14,17-18,20-22,24,27-28,30-32,35,39H,4-6,11-13,15-16,19,23,25-26H2,1-3H3,(H,47,49)(H,50,57)(H,51,54)(H,52,56)/b14-8-/t30-,32-,35+,39+,46-/m1/s1. The summed E-state index contributed by atoms with van der Waals surface area (Å²) in [6.45, 7) is 6.04. The van der Waals surface area contributed by atoms with Gasteiger partial charge in [0.1, 0.15) is 41.3 Å². The molecule has 2 aliphatic carbocycles.